The number of anilines is 1. The minimum absolute atomic E-state index is 0.0786. The maximum Gasteiger partial charge on any atom is 0.257 e. The Morgan fingerprint density at radius 2 is 1.74 bits per heavy atom. The number of carbonyl (C=O) groups is 1. The lowest BCUT2D eigenvalue weighted by atomic mass is 9.99. The Morgan fingerprint density at radius 1 is 1.04 bits per heavy atom. The molecule has 5 nitrogen and oxygen atoms in total. The molecule has 27 heavy (non-hydrogen) atoms. The first kappa shape index (κ1) is 17.1. The first-order valence-corrected chi connectivity index (χ1v) is 8.86. The van der Waals surface area contributed by atoms with E-state index in [1.54, 1.807) is 18.2 Å². The van der Waals surface area contributed by atoms with Gasteiger partial charge in [0.1, 0.15) is 5.82 Å². The SMILES string of the molecule is O=C(c1cnc(NCc2ccccc2F)nc1)N1CCc2ccccc2C1. The number of carbonyl (C=O) groups excluding carboxylic acids is 1. The first-order chi connectivity index (χ1) is 13.2. The van der Waals surface area contributed by atoms with E-state index >= 15 is 0 Å². The standard InChI is InChI=1S/C21H19FN4O/c22-19-8-4-3-6-16(19)11-23-21-24-12-18(13-25-21)20(27)26-10-9-15-5-1-2-7-17(15)14-26/h1-8,12-13H,9-11,14H2,(H,23,24,25). The van der Waals surface area contributed by atoms with E-state index in [1.807, 2.05) is 17.0 Å². The van der Waals surface area contributed by atoms with Crippen LogP contribution in [0.4, 0.5) is 10.3 Å². The van der Waals surface area contributed by atoms with E-state index in [2.05, 4.69) is 27.4 Å². The van der Waals surface area contributed by atoms with Gasteiger partial charge in [0.2, 0.25) is 5.95 Å². The monoisotopic (exact) mass is 362 g/mol. The predicted octanol–water partition coefficient (Wildman–Crippen LogP) is 3.43. The minimum Gasteiger partial charge on any atom is -0.350 e. The van der Waals surface area contributed by atoms with E-state index in [-0.39, 0.29) is 18.3 Å². The Morgan fingerprint density at radius 3 is 2.52 bits per heavy atom. The van der Waals surface area contributed by atoms with Gasteiger partial charge in [0.05, 0.1) is 5.56 Å². The molecule has 0 saturated heterocycles. The Balaban J connectivity index is 1.40. The highest BCUT2D eigenvalue weighted by atomic mass is 19.1. The van der Waals surface area contributed by atoms with Crippen LogP contribution >= 0.6 is 0 Å². The summed E-state index contributed by atoms with van der Waals surface area (Å²) in [6.45, 7) is 1.56. The summed E-state index contributed by atoms with van der Waals surface area (Å²) in [6.07, 6.45) is 3.88. The fraction of sp³-hybridized carbons (Fsp3) is 0.190. The van der Waals surface area contributed by atoms with Gasteiger partial charge in [0.15, 0.2) is 0 Å². The zero-order valence-corrected chi connectivity index (χ0v) is 14.7. The van der Waals surface area contributed by atoms with Crippen molar-refractivity contribution in [1.29, 1.82) is 0 Å². The van der Waals surface area contributed by atoms with Crippen molar-refractivity contribution in [3.05, 3.63) is 89.0 Å². The van der Waals surface area contributed by atoms with Crippen LogP contribution in [0.5, 0.6) is 0 Å². The molecule has 0 radical (unpaired) electrons. The molecule has 0 bridgehead atoms. The zero-order chi connectivity index (χ0) is 18.6. The van der Waals surface area contributed by atoms with Crippen LogP contribution in [-0.4, -0.2) is 27.3 Å². The van der Waals surface area contributed by atoms with Gasteiger partial charge in [0.25, 0.3) is 5.91 Å². The number of hydrogen-bond acceptors (Lipinski definition) is 4. The molecule has 2 heterocycles. The summed E-state index contributed by atoms with van der Waals surface area (Å²) < 4.78 is 13.6. The van der Waals surface area contributed by atoms with Crippen molar-refractivity contribution in [1.82, 2.24) is 14.9 Å². The van der Waals surface area contributed by atoms with Gasteiger partial charge in [-0.25, -0.2) is 14.4 Å². The largest absolute Gasteiger partial charge is 0.350 e. The maximum absolute atomic E-state index is 13.6. The van der Waals surface area contributed by atoms with Crippen LogP contribution < -0.4 is 5.32 Å². The molecule has 1 amide bonds. The molecule has 1 N–H and O–H groups in total. The van der Waals surface area contributed by atoms with Crippen molar-refractivity contribution < 1.29 is 9.18 Å². The van der Waals surface area contributed by atoms with E-state index < -0.39 is 0 Å². The van der Waals surface area contributed by atoms with Crippen molar-refractivity contribution in [2.75, 3.05) is 11.9 Å². The molecule has 6 heteroatoms. The average molecular weight is 362 g/mol. The van der Waals surface area contributed by atoms with Gasteiger partial charge in [-0.2, -0.15) is 0 Å². The number of hydrogen-bond donors (Lipinski definition) is 1. The van der Waals surface area contributed by atoms with Gasteiger partial charge in [0, 0.05) is 37.6 Å². The van der Waals surface area contributed by atoms with Crippen LogP contribution in [0.2, 0.25) is 0 Å². The van der Waals surface area contributed by atoms with E-state index in [0.717, 1.165) is 6.42 Å². The zero-order valence-electron chi connectivity index (χ0n) is 14.7. The van der Waals surface area contributed by atoms with Gasteiger partial charge in [-0.15, -0.1) is 0 Å². The molecule has 136 valence electrons. The van der Waals surface area contributed by atoms with E-state index in [4.69, 9.17) is 0 Å². The fourth-order valence-electron chi connectivity index (χ4n) is 3.20. The van der Waals surface area contributed by atoms with Crippen LogP contribution in [0.3, 0.4) is 0 Å². The molecular weight excluding hydrogens is 343 g/mol. The smallest absolute Gasteiger partial charge is 0.257 e. The van der Waals surface area contributed by atoms with Crippen LogP contribution in [0.15, 0.2) is 60.9 Å². The molecule has 1 aliphatic heterocycles. The Bertz CT molecular complexity index is 958. The Labute approximate surface area is 156 Å². The molecule has 2 aromatic carbocycles. The minimum atomic E-state index is -0.276. The summed E-state index contributed by atoms with van der Waals surface area (Å²) in [7, 11) is 0. The molecule has 0 fully saturated rings. The average Bonchev–Trinajstić information content (AvgIpc) is 2.73. The van der Waals surface area contributed by atoms with Crippen LogP contribution in [0.25, 0.3) is 0 Å². The number of nitrogens with zero attached hydrogens (tertiary/aromatic N) is 3. The van der Waals surface area contributed by atoms with Crippen molar-refractivity contribution in [2.24, 2.45) is 0 Å². The van der Waals surface area contributed by atoms with Gasteiger partial charge in [-0.1, -0.05) is 42.5 Å². The molecule has 1 aliphatic rings. The fourth-order valence-corrected chi connectivity index (χ4v) is 3.20. The van der Waals surface area contributed by atoms with E-state index in [9.17, 15) is 9.18 Å². The highest BCUT2D eigenvalue weighted by Crippen LogP contribution is 2.20. The lowest BCUT2D eigenvalue weighted by Gasteiger charge is -2.28. The normalized spacial score (nSPS) is 13.1. The number of rotatable bonds is 4. The van der Waals surface area contributed by atoms with Gasteiger partial charge >= 0.3 is 0 Å². The summed E-state index contributed by atoms with van der Waals surface area (Å²) >= 11 is 0. The second-order valence-corrected chi connectivity index (χ2v) is 6.49. The molecule has 0 aliphatic carbocycles. The molecule has 3 aromatic rings. The van der Waals surface area contributed by atoms with E-state index in [0.29, 0.717) is 30.2 Å². The van der Waals surface area contributed by atoms with E-state index in [1.165, 1.54) is 29.6 Å². The van der Waals surface area contributed by atoms with Crippen LogP contribution in [0.1, 0.15) is 27.0 Å². The molecule has 0 saturated carbocycles. The lowest BCUT2D eigenvalue weighted by Crippen LogP contribution is -2.36. The van der Waals surface area contributed by atoms with Crippen molar-refractivity contribution in [3.63, 3.8) is 0 Å². The number of nitrogens with one attached hydrogen (secondary N) is 1. The van der Waals surface area contributed by atoms with Gasteiger partial charge in [-0.05, 0) is 23.6 Å². The molecular formula is C21H19FN4O. The third-order valence-corrected chi connectivity index (χ3v) is 4.71. The number of halogens is 1. The summed E-state index contributed by atoms with van der Waals surface area (Å²) in [4.78, 5) is 22.9. The van der Waals surface area contributed by atoms with Crippen LogP contribution in [-0.2, 0) is 19.5 Å². The number of benzene rings is 2. The summed E-state index contributed by atoms with van der Waals surface area (Å²) in [6, 6.07) is 14.7. The predicted molar refractivity (Wildman–Crippen MR) is 101 cm³/mol. The Hall–Kier alpha value is -3.28. The van der Waals surface area contributed by atoms with Crippen molar-refractivity contribution in [3.8, 4) is 0 Å². The van der Waals surface area contributed by atoms with Gasteiger partial charge < -0.3 is 10.2 Å². The highest BCUT2D eigenvalue weighted by molar-refractivity contribution is 5.93. The first-order valence-electron chi connectivity index (χ1n) is 8.86. The topological polar surface area (TPSA) is 58.1 Å². The number of aromatic nitrogens is 2. The van der Waals surface area contributed by atoms with Crippen molar-refractivity contribution in [2.45, 2.75) is 19.5 Å². The lowest BCUT2D eigenvalue weighted by molar-refractivity contribution is 0.0734. The highest BCUT2D eigenvalue weighted by Gasteiger charge is 2.22. The second kappa shape index (κ2) is 7.53. The molecule has 0 atom stereocenters. The molecule has 1 aromatic heterocycles. The third kappa shape index (κ3) is 3.79. The second-order valence-electron chi connectivity index (χ2n) is 6.49. The number of fused-ring (bicyclic) bond motifs is 1. The van der Waals surface area contributed by atoms with Crippen LogP contribution in [0, 0.1) is 5.82 Å². The summed E-state index contributed by atoms with van der Waals surface area (Å²) in [5.41, 5.74) is 3.46. The summed E-state index contributed by atoms with van der Waals surface area (Å²) in [5.74, 6) is 0.00567. The Kier molecular flexibility index (Phi) is 4.78. The quantitative estimate of drug-likeness (QED) is 0.773. The summed E-state index contributed by atoms with van der Waals surface area (Å²) in [5, 5.41) is 2.97. The molecule has 0 unspecified atom stereocenters. The molecule has 0 spiro atoms. The van der Waals surface area contributed by atoms with Crippen molar-refractivity contribution >= 4 is 11.9 Å². The maximum atomic E-state index is 13.6. The molecule has 4 rings (SSSR count). The number of amides is 1. The van der Waals surface area contributed by atoms with Gasteiger partial charge in [-0.3, -0.25) is 4.79 Å². The third-order valence-electron chi connectivity index (χ3n) is 4.71.